The highest BCUT2D eigenvalue weighted by atomic mass is 19.2. The zero-order valence-electron chi connectivity index (χ0n) is 15.6. The van der Waals surface area contributed by atoms with Gasteiger partial charge in [0, 0.05) is 19.0 Å². The van der Waals surface area contributed by atoms with Crippen LogP contribution < -0.4 is 4.90 Å². The van der Waals surface area contributed by atoms with Gasteiger partial charge < -0.3 is 14.9 Å². The van der Waals surface area contributed by atoms with E-state index in [0.717, 1.165) is 12.1 Å². The van der Waals surface area contributed by atoms with Crippen molar-refractivity contribution in [3.63, 3.8) is 0 Å². The first-order chi connectivity index (χ1) is 13.8. The Morgan fingerprint density at radius 3 is 2.59 bits per heavy atom. The van der Waals surface area contributed by atoms with Crippen molar-refractivity contribution < 1.29 is 27.9 Å². The highest BCUT2D eigenvalue weighted by Gasteiger charge is 2.36. The maximum atomic E-state index is 13.4. The maximum absolute atomic E-state index is 13.4. The molecule has 0 bridgehead atoms. The number of anilines is 1. The van der Waals surface area contributed by atoms with Crippen molar-refractivity contribution >= 4 is 17.5 Å². The van der Waals surface area contributed by atoms with Crippen LogP contribution in [0.1, 0.15) is 24.6 Å². The van der Waals surface area contributed by atoms with Crippen LogP contribution in [-0.4, -0.2) is 50.3 Å². The second-order valence-electron chi connectivity index (χ2n) is 7.37. The molecule has 1 aromatic heterocycles. The van der Waals surface area contributed by atoms with E-state index >= 15 is 0 Å². The van der Waals surface area contributed by atoms with Gasteiger partial charge in [-0.25, -0.2) is 13.2 Å². The van der Waals surface area contributed by atoms with Gasteiger partial charge in [0.25, 0.3) is 5.91 Å². The summed E-state index contributed by atoms with van der Waals surface area (Å²) in [5.41, 5.74) is 1.22. The molecule has 10 heteroatoms. The first-order valence-electron chi connectivity index (χ1n) is 9.23. The van der Waals surface area contributed by atoms with Crippen molar-refractivity contribution in [2.24, 2.45) is 0 Å². The molecule has 7 nitrogen and oxygen atoms in total. The van der Waals surface area contributed by atoms with Crippen LogP contribution >= 0.6 is 0 Å². The molecule has 2 amide bonds. The molecule has 154 valence electrons. The van der Waals surface area contributed by atoms with Gasteiger partial charge in [-0.3, -0.25) is 14.3 Å². The van der Waals surface area contributed by atoms with Gasteiger partial charge in [0.1, 0.15) is 6.10 Å². The zero-order chi connectivity index (χ0) is 20.9. The molecule has 1 aromatic carbocycles. The number of amides is 2. The number of carbonyl (C=O) groups excluding carboxylic acids is 2. The Bertz CT molecular complexity index is 970. The second kappa shape index (κ2) is 7.18. The topological polar surface area (TPSA) is 78.7 Å². The number of halogens is 3. The van der Waals surface area contributed by atoms with E-state index in [2.05, 4.69) is 5.10 Å². The lowest BCUT2D eigenvalue weighted by atomic mass is 10.1. The number of hydrogen-bond acceptors (Lipinski definition) is 4. The fourth-order valence-electron chi connectivity index (χ4n) is 3.84. The summed E-state index contributed by atoms with van der Waals surface area (Å²) >= 11 is 0. The predicted molar refractivity (Wildman–Crippen MR) is 95.2 cm³/mol. The van der Waals surface area contributed by atoms with Crippen LogP contribution in [0.3, 0.4) is 0 Å². The molecule has 29 heavy (non-hydrogen) atoms. The minimum atomic E-state index is -1.57. The van der Waals surface area contributed by atoms with Gasteiger partial charge >= 0.3 is 0 Å². The smallest absolute Gasteiger partial charge is 0.255 e. The highest BCUT2D eigenvalue weighted by Crippen LogP contribution is 2.30. The van der Waals surface area contributed by atoms with E-state index in [1.807, 2.05) is 6.92 Å². The number of aliphatic hydroxyl groups excluding tert-OH is 1. The van der Waals surface area contributed by atoms with Crippen molar-refractivity contribution in [1.29, 1.82) is 0 Å². The Hall–Kier alpha value is -2.88. The van der Waals surface area contributed by atoms with Gasteiger partial charge in [0.05, 0.1) is 37.1 Å². The monoisotopic (exact) mass is 408 g/mol. The van der Waals surface area contributed by atoms with Gasteiger partial charge in [-0.15, -0.1) is 0 Å². The summed E-state index contributed by atoms with van der Waals surface area (Å²) in [6, 6.07) is 1.38. The number of fused-ring (bicyclic) bond motifs is 1. The van der Waals surface area contributed by atoms with E-state index in [4.69, 9.17) is 0 Å². The second-order valence-corrected chi connectivity index (χ2v) is 7.37. The summed E-state index contributed by atoms with van der Waals surface area (Å²) < 4.78 is 41.7. The van der Waals surface area contributed by atoms with Gasteiger partial charge in [-0.05, 0) is 24.6 Å². The lowest BCUT2D eigenvalue weighted by molar-refractivity contribution is -0.134. The first kappa shape index (κ1) is 19.4. The normalized spacial score (nSPS) is 21.6. The lowest BCUT2D eigenvalue weighted by Gasteiger charge is -2.35. The average Bonchev–Trinajstić information content (AvgIpc) is 3.21. The average molecular weight is 408 g/mol. The van der Waals surface area contributed by atoms with Gasteiger partial charge in [-0.1, -0.05) is 0 Å². The number of hydrogen-bond donors (Lipinski definition) is 1. The molecule has 2 atom stereocenters. The summed E-state index contributed by atoms with van der Waals surface area (Å²) in [5.74, 6) is -5.04. The Labute approximate surface area is 164 Å². The van der Waals surface area contributed by atoms with Crippen LogP contribution in [0.4, 0.5) is 18.9 Å². The predicted octanol–water partition coefficient (Wildman–Crippen LogP) is 1.37. The van der Waals surface area contributed by atoms with E-state index in [1.54, 1.807) is 4.68 Å². The molecule has 1 fully saturated rings. The highest BCUT2D eigenvalue weighted by molar-refractivity contribution is 5.99. The molecule has 0 radical (unpaired) electrons. The molecule has 2 aromatic rings. The van der Waals surface area contributed by atoms with E-state index in [9.17, 15) is 27.9 Å². The summed E-state index contributed by atoms with van der Waals surface area (Å²) in [5, 5.41) is 14.0. The molecule has 0 saturated carbocycles. The molecule has 4 rings (SSSR count). The Kier molecular flexibility index (Phi) is 4.81. The van der Waals surface area contributed by atoms with Crippen molar-refractivity contribution in [2.75, 3.05) is 11.4 Å². The van der Waals surface area contributed by atoms with Crippen LogP contribution in [0.25, 0.3) is 0 Å². The van der Waals surface area contributed by atoms with E-state index in [0.29, 0.717) is 30.9 Å². The fourth-order valence-corrected chi connectivity index (χ4v) is 3.84. The van der Waals surface area contributed by atoms with Crippen molar-refractivity contribution in [3.05, 3.63) is 47.0 Å². The molecule has 1 saturated heterocycles. The minimum absolute atomic E-state index is 0.0377. The molecule has 1 N–H and O–H groups in total. The third-order valence-electron chi connectivity index (χ3n) is 5.40. The van der Waals surface area contributed by atoms with Crippen molar-refractivity contribution in [3.8, 4) is 0 Å². The number of aromatic nitrogens is 2. The minimum Gasteiger partial charge on any atom is -0.383 e. The van der Waals surface area contributed by atoms with Gasteiger partial charge in [0.15, 0.2) is 17.5 Å². The van der Waals surface area contributed by atoms with E-state index in [1.165, 1.54) is 16.0 Å². The van der Waals surface area contributed by atoms with Gasteiger partial charge in [0.2, 0.25) is 5.91 Å². The van der Waals surface area contributed by atoms with Crippen LogP contribution in [0.5, 0.6) is 0 Å². The van der Waals surface area contributed by atoms with E-state index < -0.39 is 29.5 Å². The number of carbonyl (C=O) groups is 2. The molecule has 0 spiro atoms. The molecule has 0 unspecified atom stereocenters. The maximum Gasteiger partial charge on any atom is 0.255 e. The Morgan fingerprint density at radius 2 is 1.97 bits per heavy atom. The number of benzene rings is 1. The first-order valence-corrected chi connectivity index (χ1v) is 9.23. The lowest BCUT2D eigenvalue weighted by Crippen LogP contribution is -2.46. The fraction of sp³-hybridized carbons (Fsp3) is 0.421. The summed E-state index contributed by atoms with van der Waals surface area (Å²) in [7, 11) is 0. The quantitative estimate of drug-likeness (QED) is 0.779. The summed E-state index contributed by atoms with van der Waals surface area (Å²) in [4.78, 5) is 28.0. The summed E-state index contributed by atoms with van der Waals surface area (Å²) in [6.45, 7) is 2.72. The Balaban J connectivity index is 1.56. The van der Waals surface area contributed by atoms with Crippen LogP contribution in [-0.2, 0) is 29.1 Å². The van der Waals surface area contributed by atoms with Crippen LogP contribution in [0, 0.1) is 17.5 Å². The summed E-state index contributed by atoms with van der Waals surface area (Å²) in [6.07, 6.45) is 0.526. The van der Waals surface area contributed by atoms with Crippen LogP contribution in [0.15, 0.2) is 18.3 Å². The largest absolute Gasteiger partial charge is 0.383 e. The molecular weight excluding hydrogens is 389 g/mol. The van der Waals surface area contributed by atoms with Crippen molar-refractivity contribution in [1.82, 2.24) is 14.7 Å². The molecule has 2 aliphatic rings. The van der Waals surface area contributed by atoms with Crippen LogP contribution in [0.2, 0.25) is 0 Å². The number of rotatable bonds is 3. The van der Waals surface area contributed by atoms with Crippen molar-refractivity contribution in [2.45, 2.75) is 45.0 Å². The van der Waals surface area contributed by atoms with Gasteiger partial charge in [-0.2, -0.15) is 5.10 Å². The van der Waals surface area contributed by atoms with E-state index in [-0.39, 0.29) is 30.5 Å². The third-order valence-corrected chi connectivity index (χ3v) is 5.40. The zero-order valence-corrected chi connectivity index (χ0v) is 15.6. The standard InChI is InChI=1S/C19H19F3N4O3/c1-10-8-26-15(14(7-23-26)24-3-2-16(27)19(24)29)9-25(10)17(28)6-11-4-12(20)18(22)13(21)5-11/h4-5,7,10,16,27H,2-3,6,8-9H2,1H3/t10-,16-/m0/s1. The molecule has 3 heterocycles. The number of nitrogens with zero attached hydrogens (tertiary/aromatic N) is 4. The molecular formula is C19H19F3N4O3. The molecule has 0 aliphatic carbocycles. The number of aliphatic hydroxyl groups is 1. The molecule has 2 aliphatic heterocycles. The SMILES string of the molecule is C[C@H]1Cn2ncc(N3CC[C@H](O)C3=O)c2CN1C(=O)Cc1cc(F)c(F)c(F)c1. The Morgan fingerprint density at radius 1 is 1.28 bits per heavy atom. The third kappa shape index (κ3) is 3.37.